The van der Waals surface area contributed by atoms with E-state index in [1.54, 1.807) is 19.1 Å². The molecule has 2 aromatic heterocycles. The van der Waals surface area contributed by atoms with Gasteiger partial charge >= 0.3 is 11.9 Å². The van der Waals surface area contributed by atoms with Gasteiger partial charge in [0.25, 0.3) is 5.56 Å². The van der Waals surface area contributed by atoms with Gasteiger partial charge in [0.1, 0.15) is 16.9 Å². The average Bonchev–Trinajstić information content (AvgIpc) is 2.74. The molecule has 3 heterocycles. The Labute approximate surface area is 180 Å². The van der Waals surface area contributed by atoms with Crippen LogP contribution in [0, 0.1) is 5.82 Å². The number of aliphatic carboxylic acids is 1. The Morgan fingerprint density at radius 3 is 2.62 bits per heavy atom. The molecule has 0 spiro atoms. The summed E-state index contributed by atoms with van der Waals surface area (Å²) in [7, 11) is 0. The molecular formula is C22H19FN2O7. The van der Waals surface area contributed by atoms with Crippen LogP contribution in [0.4, 0.5) is 4.39 Å². The molecule has 10 heteroatoms. The number of halogens is 1. The molecule has 0 aliphatic carbocycles. The molecule has 1 aromatic carbocycles. The minimum Gasteiger partial charge on any atom is -0.505 e. The molecule has 0 amide bonds. The van der Waals surface area contributed by atoms with Crippen molar-refractivity contribution < 1.29 is 33.7 Å². The van der Waals surface area contributed by atoms with E-state index in [-0.39, 0.29) is 29.8 Å². The molecule has 3 aromatic rings. The van der Waals surface area contributed by atoms with E-state index >= 15 is 0 Å². The van der Waals surface area contributed by atoms with Crippen LogP contribution in [-0.2, 0) is 22.5 Å². The fourth-order valence-electron chi connectivity index (χ4n) is 3.67. The van der Waals surface area contributed by atoms with Crippen molar-refractivity contribution in [2.75, 3.05) is 6.61 Å². The summed E-state index contributed by atoms with van der Waals surface area (Å²) >= 11 is 0. The molecule has 1 aliphatic heterocycles. The van der Waals surface area contributed by atoms with Gasteiger partial charge in [0.15, 0.2) is 17.1 Å². The Hall–Kier alpha value is -3.95. The van der Waals surface area contributed by atoms with Crippen molar-refractivity contribution in [1.82, 2.24) is 9.55 Å². The molecule has 4 rings (SSSR count). The fourth-order valence-corrected chi connectivity index (χ4v) is 3.67. The predicted octanol–water partition coefficient (Wildman–Crippen LogP) is 2.24. The number of rotatable bonds is 5. The van der Waals surface area contributed by atoms with Gasteiger partial charge < -0.3 is 19.7 Å². The second-order valence-corrected chi connectivity index (χ2v) is 7.59. The molecule has 1 aliphatic rings. The number of hydrogen-bond donors (Lipinski definition) is 2. The second-order valence-electron chi connectivity index (χ2n) is 7.59. The smallest absolute Gasteiger partial charge is 0.349 e. The third-order valence-corrected chi connectivity index (χ3v) is 5.30. The molecule has 0 fully saturated rings. The van der Waals surface area contributed by atoms with Crippen LogP contribution in [0.3, 0.4) is 0 Å². The molecule has 0 saturated carbocycles. The summed E-state index contributed by atoms with van der Waals surface area (Å²) in [6.07, 6.45) is 1.56. The number of esters is 1. The van der Waals surface area contributed by atoms with Crippen LogP contribution < -0.4 is 10.3 Å². The summed E-state index contributed by atoms with van der Waals surface area (Å²) in [5.74, 6) is -3.40. The van der Waals surface area contributed by atoms with Crippen molar-refractivity contribution in [1.29, 1.82) is 0 Å². The van der Waals surface area contributed by atoms with Crippen molar-refractivity contribution in [3.8, 4) is 11.5 Å². The van der Waals surface area contributed by atoms with E-state index in [9.17, 15) is 29.0 Å². The quantitative estimate of drug-likeness (QED) is 0.576. The third-order valence-electron chi connectivity index (χ3n) is 5.30. The number of carbonyl (C=O) groups is 2. The molecule has 32 heavy (non-hydrogen) atoms. The van der Waals surface area contributed by atoms with Crippen LogP contribution in [-0.4, -0.2) is 43.9 Å². The molecule has 9 nitrogen and oxygen atoms in total. The van der Waals surface area contributed by atoms with Crippen molar-refractivity contribution in [2.24, 2.45) is 0 Å². The van der Waals surface area contributed by atoms with Gasteiger partial charge in [0.05, 0.1) is 13.2 Å². The molecule has 0 saturated heterocycles. The normalized spacial score (nSPS) is 17.1. The highest BCUT2D eigenvalue weighted by Crippen LogP contribution is 2.40. The van der Waals surface area contributed by atoms with Gasteiger partial charge in [-0.05, 0) is 31.5 Å². The van der Waals surface area contributed by atoms with E-state index < -0.39 is 46.8 Å². The molecule has 0 radical (unpaired) electrons. The van der Waals surface area contributed by atoms with Crippen molar-refractivity contribution in [3.05, 3.63) is 63.3 Å². The van der Waals surface area contributed by atoms with Crippen LogP contribution in [0.25, 0.3) is 11.0 Å². The minimum atomic E-state index is -1.83. The highest BCUT2D eigenvalue weighted by molar-refractivity contribution is 6.00. The second kappa shape index (κ2) is 7.63. The number of nitrogens with zero attached hydrogens (tertiary/aromatic N) is 2. The number of ether oxygens (including phenoxy) is 2. The molecule has 0 bridgehead atoms. The molecule has 0 unspecified atom stereocenters. The van der Waals surface area contributed by atoms with Crippen molar-refractivity contribution in [3.63, 3.8) is 0 Å². The fraction of sp³-hybridized carbons (Fsp3) is 0.273. The van der Waals surface area contributed by atoms with E-state index in [0.29, 0.717) is 11.1 Å². The summed E-state index contributed by atoms with van der Waals surface area (Å²) < 4.78 is 25.1. The van der Waals surface area contributed by atoms with E-state index in [4.69, 9.17) is 9.47 Å². The van der Waals surface area contributed by atoms with E-state index in [1.165, 1.54) is 25.3 Å². The van der Waals surface area contributed by atoms with Gasteiger partial charge in [0.2, 0.25) is 5.60 Å². The van der Waals surface area contributed by atoms with E-state index in [2.05, 4.69) is 4.98 Å². The number of carboxylic acids is 1. The predicted molar refractivity (Wildman–Crippen MR) is 109 cm³/mol. The summed E-state index contributed by atoms with van der Waals surface area (Å²) in [4.78, 5) is 41.7. The van der Waals surface area contributed by atoms with Gasteiger partial charge in [0, 0.05) is 18.2 Å². The summed E-state index contributed by atoms with van der Waals surface area (Å²) in [5.41, 5.74) is -2.28. The Morgan fingerprint density at radius 2 is 2.00 bits per heavy atom. The summed E-state index contributed by atoms with van der Waals surface area (Å²) in [5, 5.41) is 20.4. The van der Waals surface area contributed by atoms with Gasteiger partial charge in [-0.25, -0.2) is 14.0 Å². The summed E-state index contributed by atoms with van der Waals surface area (Å²) in [6.45, 7) is 2.40. The zero-order valence-electron chi connectivity index (χ0n) is 17.2. The lowest BCUT2D eigenvalue weighted by atomic mass is 9.99. The number of carbonyl (C=O) groups excluding carboxylic acids is 1. The van der Waals surface area contributed by atoms with E-state index in [0.717, 1.165) is 4.57 Å². The van der Waals surface area contributed by atoms with Gasteiger partial charge in [-0.15, -0.1) is 0 Å². The monoisotopic (exact) mass is 442 g/mol. The zero-order valence-corrected chi connectivity index (χ0v) is 17.2. The van der Waals surface area contributed by atoms with Crippen LogP contribution in [0.15, 0.2) is 35.3 Å². The maximum absolute atomic E-state index is 13.3. The Kier molecular flexibility index (Phi) is 5.08. The lowest BCUT2D eigenvalue weighted by Gasteiger charge is -2.34. The SMILES string of the molecule is CCOC(=O)c1c(O)c2ncc(Cc3ccc(F)cc3)c3c2n(c1=O)C[C@@](C)(C(=O)O)O3. The lowest BCUT2D eigenvalue weighted by Crippen LogP contribution is -2.50. The maximum Gasteiger partial charge on any atom is 0.349 e. The largest absolute Gasteiger partial charge is 0.505 e. The molecule has 166 valence electrons. The topological polar surface area (TPSA) is 128 Å². The molecular weight excluding hydrogens is 423 g/mol. The Morgan fingerprint density at radius 1 is 1.31 bits per heavy atom. The van der Waals surface area contributed by atoms with Crippen molar-refractivity contribution >= 4 is 23.0 Å². The molecule has 2 N–H and O–H groups in total. The van der Waals surface area contributed by atoms with Gasteiger partial charge in [-0.2, -0.15) is 0 Å². The number of pyridine rings is 2. The average molecular weight is 442 g/mol. The Balaban J connectivity index is 2.00. The number of hydrogen-bond acceptors (Lipinski definition) is 7. The first-order valence-electron chi connectivity index (χ1n) is 9.77. The number of carboxylic acid groups (broad SMARTS) is 1. The van der Waals surface area contributed by atoms with Crippen LogP contribution >= 0.6 is 0 Å². The highest BCUT2D eigenvalue weighted by atomic mass is 19.1. The van der Waals surface area contributed by atoms with Crippen LogP contribution in [0.1, 0.15) is 35.3 Å². The number of aromatic nitrogens is 2. The number of aromatic hydroxyl groups is 1. The van der Waals surface area contributed by atoms with Gasteiger partial charge in [-0.3, -0.25) is 14.3 Å². The lowest BCUT2D eigenvalue weighted by molar-refractivity contribution is -0.155. The third kappa shape index (κ3) is 3.33. The maximum atomic E-state index is 13.3. The summed E-state index contributed by atoms with van der Waals surface area (Å²) in [6, 6.07) is 5.68. The van der Waals surface area contributed by atoms with E-state index in [1.807, 2.05) is 0 Å². The standard InChI is InChI=1S/C22H19FN2O7/c1-3-31-20(28)14-17(26)15-16-18(32-22(2,21(29)30)10-25(16)19(14)27)12(9-24-15)8-11-4-6-13(23)7-5-11/h4-7,9,26H,3,8,10H2,1-2H3,(H,29,30)/t22-/m0/s1. The van der Waals surface area contributed by atoms with Crippen LogP contribution in [0.2, 0.25) is 0 Å². The highest BCUT2D eigenvalue weighted by Gasteiger charge is 2.43. The first kappa shape index (κ1) is 21.3. The first-order chi connectivity index (χ1) is 15.2. The zero-order chi connectivity index (χ0) is 23.2. The minimum absolute atomic E-state index is 0.0268. The first-order valence-corrected chi connectivity index (χ1v) is 9.77. The molecule has 1 atom stereocenters. The van der Waals surface area contributed by atoms with Gasteiger partial charge in [-0.1, -0.05) is 12.1 Å². The van der Waals surface area contributed by atoms with Crippen molar-refractivity contribution in [2.45, 2.75) is 32.4 Å². The van der Waals surface area contributed by atoms with Crippen LogP contribution in [0.5, 0.6) is 11.5 Å². The number of benzene rings is 1. The Bertz CT molecular complexity index is 1320.